The van der Waals surface area contributed by atoms with E-state index in [2.05, 4.69) is 80.8 Å². The maximum Gasteiger partial charge on any atom is 0.326 e. The quantitative estimate of drug-likeness (QED) is 0.0125. The molecule has 0 aliphatic heterocycles. The molecular formula is C49H84N20O15S. The predicted octanol–water partition coefficient (Wildman–Crippen LogP) is -10.1. The first-order valence-electron chi connectivity index (χ1n) is 26.7. The molecule has 0 aliphatic carbocycles. The Balaban J connectivity index is 3.26. The molecule has 0 aliphatic rings. The number of carbonyl (C=O) groups is 11. The molecule has 0 heterocycles. The number of carboxylic acids is 1. The van der Waals surface area contributed by atoms with Crippen molar-refractivity contribution in [3.63, 3.8) is 0 Å². The fraction of sp³-hybridized carbons (Fsp3) is 0.592. The molecule has 85 heavy (non-hydrogen) atoms. The van der Waals surface area contributed by atoms with Crippen LogP contribution in [-0.2, 0) is 59.2 Å². The molecule has 36 heteroatoms. The van der Waals surface area contributed by atoms with Crippen LogP contribution in [0.3, 0.4) is 0 Å². The second-order valence-corrected chi connectivity index (χ2v) is 19.7. The fourth-order valence-corrected chi connectivity index (χ4v) is 7.68. The van der Waals surface area contributed by atoms with Crippen LogP contribution in [0.25, 0.3) is 0 Å². The number of aliphatic hydroxyl groups is 3. The summed E-state index contributed by atoms with van der Waals surface area (Å²) in [5.41, 5.74) is 38.5. The van der Waals surface area contributed by atoms with Crippen molar-refractivity contribution >= 4 is 95.5 Å². The highest BCUT2D eigenvalue weighted by Gasteiger charge is 2.34. The number of carboxylic acid groups (broad SMARTS) is 1. The maximum absolute atomic E-state index is 14.0. The number of thiol groups is 1. The average molecular weight is 1230 g/mol. The number of nitrogens with two attached hydrogens (primary N) is 7. The van der Waals surface area contributed by atoms with Gasteiger partial charge in [0.1, 0.15) is 54.4 Å². The van der Waals surface area contributed by atoms with Crippen molar-refractivity contribution in [3.8, 4) is 0 Å². The van der Waals surface area contributed by atoms with E-state index in [1.165, 1.54) is 0 Å². The molecule has 0 spiro atoms. The van der Waals surface area contributed by atoms with E-state index in [9.17, 15) is 73.2 Å². The Morgan fingerprint density at radius 1 is 0.471 bits per heavy atom. The highest BCUT2D eigenvalue weighted by molar-refractivity contribution is 7.80. The van der Waals surface area contributed by atoms with Crippen molar-refractivity contribution in [3.05, 3.63) is 35.9 Å². The number of nitrogens with zero attached hydrogens (tertiary/aromatic N) is 3. The van der Waals surface area contributed by atoms with Gasteiger partial charge in [-0.3, -0.25) is 62.9 Å². The lowest BCUT2D eigenvalue weighted by molar-refractivity contribution is -0.142. The van der Waals surface area contributed by atoms with Crippen molar-refractivity contribution in [1.29, 1.82) is 0 Å². The van der Waals surface area contributed by atoms with Crippen molar-refractivity contribution < 1.29 is 73.2 Å². The fourth-order valence-electron chi connectivity index (χ4n) is 7.42. The van der Waals surface area contributed by atoms with Gasteiger partial charge >= 0.3 is 5.97 Å². The van der Waals surface area contributed by atoms with Crippen LogP contribution in [0.2, 0.25) is 0 Å². The number of hydrogen-bond acceptors (Lipinski definition) is 19. The Labute approximate surface area is 495 Å². The van der Waals surface area contributed by atoms with E-state index in [-0.39, 0.29) is 94.8 Å². The Kier molecular flexibility index (Phi) is 35.5. The van der Waals surface area contributed by atoms with Crippen molar-refractivity contribution in [2.24, 2.45) is 61.0 Å². The van der Waals surface area contributed by atoms with Gasteiger partial charge in [-0.15, -0.1) is 0 Å². The van der Waals surface area contributed by atoms with E-state index >= 15 is 0 Å². The Morgan fingerprint density at radius 3 is 1.28 bits per heavy atom. The third kappa shape index (κ3) is 31.0. The van der Waals surface area contributed by atoms with E-state index in [0.717, 1.165) is 0 Å². The maximum atomic E-state index is 14.0. The van der Waals surface area contributed by atoms with Crippen LogP contribution < -0.4 is 93.3 Å². The summed E-state index contributed by atoms with van der Waals surface area (Å²) in [6.07, 6.45) is -0.0984. The lowest BCUT2D eigenvalue weighted by atomic mass is 10.0. The van der Waals surface area contributed by atoms with Crippen molar-refractivity contribution in [2.45, 2.75) is 120 Å². The molecule has 28 N–H and O–H groups in total. The lowest BCUT2D eigenvalue weighted by Crippen LogP contribution is -2.61. The number of amides is 10. The molecule has 0 fully saturated rings. The van der Waals surface area contributed by atoms with E-state index in [1.807, 2.05) is 0 Å². The minimum atomic E-state index is -1.87. The van der Waals surface area contributed by atoms with E-state index in [0.29, 0.717) is 5.56 Å². The van der Waals surface area contributed by atoms with Gasteiger partial charge in [-0.1, -0.05) is 44.2 Å². The van der Waals surface area contributed by atoms with E-state index in [4.69, 9.17) is 40.1 Å². The molecule has 1 aromatic rings. The number of guanidine groups is 3. The van der Waals surface area contributed by atoms with Gasteiger partial charge in [0.05, 0.1) is 32.9 Å². The SMILES string of the molecule is CC(C)C[C@H](NC(=O)[C@@H](N)CO)C(=O)N[C@@H](CCCN=C(N)N)C(=O)N[C@@H](CCCN=C(N)N)C(=O)N[C@@H](CO)C(=O)N[C@@H](CO)C(=O)N[C@@H](CS)C(=O)N[C@@H](Cc1ccccc1)C(=O)NCC(=O)NCC(=O)N[C@@H](CCCN=C(N)N)C(=O)O. The highest BCUT2D eigenvalue weighted by atomic mass is 32.1. The summed E-state index contributed by atoms with van der Waals surface area (Å²) < 4.78 is 0. The summed E-state index contributed by atoms with van der Waals surface area (Å²) >= 11 is 4.16. The zero-order valence-electron chi connectivity index (χ0n) is 47.3. The number of rotatable bonds is 41. The van der Waals surface area contributed by atoms with Crippen molar-refractivity contribution in [1.82, 2.24) is 53.2 Å². The molecule has 0 bridgehead atoms. The molecule has 476 valence electrons. The minimum absolute atomic E-state index is 0.00239. The number of aliphatic imine (C=N–C) groups is 3. The molecule has 0 saturated carbocycles. The highest BCUT2D eigenvalue weighted by Crippen LogP contribution is 2.10. The van der Waals surface area contributed by atoms with E-state index < -0.39 is 158 Å². The first-order chi connectivity index (χ1) is 40.1. The smallest absolute Gasteiger partial charge is 0.326 e. The summed E-state index contributed by atoms with van der Waals surface area (Å²) in [5, 5.41) is 63.0. The van der Waals surface area contributed by atoms with E-state index in [1.54, 1.807) is 44.2 Å². The Morgan fingerprint density at radius 2 is 0.859 bits per heavy atom. The number of benzene rings is 1. The van der Waals surface area contributed by atoms with Gasteiger partial charge in [-0.05, 0) is 56.4 Å². The number of aliphatic carboxylic acids is 1. The molecule has 0 unspecified atom stereocenters. The Hall–Kier alpha value is -8.61. The van der Waals surface area contributed by atoms with Gasteiger partial charge in [0.2, 0.25) is 59.1 Å². The number of hydrogen-bond donors (Lipinski definition) is 22. The monoisotopic (exact) mass is 1220 g/mol. The predicted molar refractivity (Wildman–Crippen MR) is 312 cm³/mol. The second kappa shape index (κ2) is 40.6. The van der Waals surface area contributed by atoms with Gasteiger partial charge in [0.15, 0.2) is 17.9 Å². The summed E-state index contributed by atoms with van der Waals surface area (Å²) in [5.74, 6) is -12.4. The number of aliphatic hydroxyl groups excluding tert-OH is 3. The third-order valence-electron chi connectivity index (χ3n) is 11.8. The topological polar surface area (TPSA) is 608 Å². The normalized spacial score (nSPS) is 14.0. The molecule has 1 aromatic carbocycles. The molecule has 1 rings (SSSR count). The molecule has 35 nitrogen and oxygen atoms in total. The lowest BCUT2D eigenvalue weighted by Gasteiger charge is -2.27. The van der Waals surface area contributed by atoms with Crippen LogP contribution in [0.15, 0.2) is 45.3 Å². The van der Waals surface area contributed by atoms with Crippen molar-refractivity contribution in [2.75, 3.05) is 58.3 Å². The number of nitrogens with one attached hydrogen (secondary N) is 10. The zero-order chi connectivity index (χ0) is 64.2. The third-order valence-corrected chi connectivity index (χ3v) is 12.2. The molecule has 9 atom stereocenters. The number of carbonyl (C=O) groups excluding carboxylic acids is 10. The van der Waals surface area contributed by atoms with Crippen LogP contribution in [-0.4, -0.2) is 216 Å². The first-order valence-corrected chi connectivity index (χ1v) is 27.4. The van der Waals surface area contributed by atoms with Gasteiger partial charge in [-0.2, -0.15) is 12.6 Å². The molecule has 0 saturated heterocycles. The molecular weight excluding hydrogens is 1140 g/mol. The zero-order valence-corrected chi connectivity index (χ0v) is 48.2. The molecule has 0 radical (unpaired) electrons. The summed E-state index contributed by atoms with van der Waals surface area (Å²) in [7, 11) is 0. The largest absolute Gasteiger partial charge is 0.480 e. The Bertz CT molecular complexity index is 2460. The molecule has 10 amide bonds. The summed E-state index contributed by atoms with van der Waals surface area (Å²) in [6.45, 7) is -0.748. The van der Waals surface area contributed by atoms with Gasteiger partial charge in [0, 0.05) is 31.8 Å². The van der Waals surface area contributed by atoms with Crippen LogP contribution >= 0.6 is 12.6 Å². The first kappa shape index (κ1) is 74.4. The summed E-state index contributed by atoms with van der Waals surface area (Å²) in [4.78, 5) is 157. The van der Waals surface area contributed by atoms with Gasteiger partial charge in [-0.25, -0.2) is 4.79 Å². The second-order valence-electron chi connectivity index (χ2n) is 19.4. The van der Waals surface area contributed by atoms with Gasteiger partial charge < -0.3 is 114 Å². The van der Waals surface area contributed by atoms with Gasteiger partial charge in [0.25, 0.3) is 0 Å². The molecule has 0 aromatic heterocycles. The van der Waals surface area contributed by atoms with Crippen LogP contribution in [0, 0.1) is 5.92 Å². The minimum Gasteiger partial charge on any atom is -0.480 e. The standard InChI is InChI=1S/C49H84N20O15S/c1-25(2)17-31(65-38(75)27(50)21-70)42(79)64-28(11-6-14-57-47(51)52)40(77)63-29(12-7-15-58-48(53)54)41(78)67-33(22-71)43(80)68-34(23-72)44(81)69-35(24-85)45(82)66-32(18-26-9-4-3-5-10-26)39(76)61-19-36(73)60-20-37(74)62-30(46(83)84)13-8-16-59-49(55)56/h3-5,9-10,25,27-35,70-72,85H,6-8,11-24,50H2,1-2H3,(H,60,73)(H,61,76)(H,62,74)(H,63,77)(H,64,79)(H,65,75)(H,66,82)(H,67,78)(H,68,80)(H,69,81)(H,83,84)(H4,51,52,57)(H4,53,54,58)(H4,55,56,59)/t27-,28-,29-,30-,31-,32-,33-,34-,35-/m0/s1. The average Bonchev–Trinajstić information content (AvgIpc) is 3.66. The van der Waals surface area contributed by atoms with Crippen LogP contribution in [0.4, 0.5) is 0 Å². The summed E-state index contributed by atoms with van der Waals surface area (Å²) in [6, 6.07) is -5.31. The van der Waals surface area contributed by atoms with Crippen LogP contribution in [0.5, 0.6) is 0 Å². The van der Waals surface area contributed by atoms with Crippen LogP contribution in [0.1, 0.15) is 64.4 Å².